The molecule has 102 valence electrons. The van der Waals surface area contributed by atoms with E-state index in [2.05, 4.69) is 27.0 Å². The summed E-state index contributed by atoms with van der Waals surface area (Å²) in [6, 6.07) is 9.65. The maximum Gasteiger partial charge on any atom is 0.336 e. The van der Waals surface area contributed by atoms with Crippen molar-refractivity contribution in [1.29, 1.82) is 0 Å². The van der Waals surface area contributed by atoms with Crippen molar-refractivity contribution in [3.05, 3.63) is 63.4 Å². The molecule has 3 rings (SSSR count). The molecule has 4 heteroatoms. The van der Waals surface area contributed by atoms with Gasteiger partial charge in [0.1, 0.15) is 0 Å². The number of aromatic carboxylic acids is 1. The molecule has 0 fully saturated rings. The monoisotopic (exact) mass is 331 g/mol. The molecule has 0 bridgehead atoms. The van der Waals surface area contributed by atoms with Gasteiger partial charge < -0.3 is 5.11 Å². The van der Waals surface area contributed by atoms with Gasteiger partial charge in [0.05, 0.1) is 11.3 Å². The zero-order chi connectivity index (χ0) is 14.1. The quantitative estimate of drug-likeness (QED) is 0.904. The number of pyridine rings is 1. The van der Waals surface area contributed by atoms with E-state index in [0.717, 1.165) is 30.5 Å². The molecule has 1 unspecified atom stereocenters. The number of hydrogen-bond donors (Lipinski definition) is 1. The second kappa shape index (κ2) is 5.37. The van der Waals surface area contributed by atoms with Crippen LogP contribution in [0.4, 0.5) is 0 Å². The number of benzene rings is 1. The third kappa shape index (κ3) is 2.36. The van der Waals surface area contributed by atoms with Crippen molar-refractivity contribution in [2.45, 2.75) is 25.2 Å². The summed E-state index contributed by atoms with van der Waals surface area (Å²) in [5.41, 5.74) is 3.72. The van der Waals surface area contributed by atoms with Gasteiger partial charge in [0.25, 0.3) is 0 Å². The fourth-order valence-corrected chi connectivity index (χ4v) is 3.27. The van der Waals surface area contributed by atoms with Gasteiger partial charge >= 0.3 is 5.97 Å². The normalized spacial score (nSPS) is 17.6. The molecular weight excluding hydrogens is 318 g/mol. The van der Waals surface area contributed by atoms with Crippen molar-refractivity contribution in [2.24, 2.45) is 0 Å². The van der Waals surface area contributed by atoms with Crippen LogP contribution in [0.2, 0.25) is 0 Å². The Balaban J connectivity index is 2.07. The Kier molecular flexibility index (Phi) is 3.57. The number of halogens is 1. The van der Waals surface area contributed by atoms with Gasteiger partial charge in [-0.15, -0.1) is 0 Å². The number of carboxylic acids is 1. The molecule has 20 heavy (non-hydrogen) atoms. The zero-order valence-corrected chi connectivity index (χ0v) is 12.4. The average Bonchev–Trinajstić information content (AvgIpc) is 2.47. The van der Waals surface area contributed by atoms with Gasteiger partial charge in [-0.05, 0) is 64.5 Å². The van der Waals surface area contributed by atoms with E-state index in [4.69, 9.17) is 0 Å². The van der Waals surface area contributed by atoms with Crippen LogP contribution in [-0.4, -0.2) is 16.1 Å². The summed E-state index contributed by atoms with van der Waals surface area (Å²) in [4.78, 5) is 15.8. The molecule has 0 radical (unpaired) electrons. The fraction of sp³-hybridized carbons (Fsp3) is 0.250. The first-order valence-electron chi connectivity index (χ1n) is 6.63. The van der Waals surface area contributed by atoms with Gasteiger partial charge in [0.15, 0.2) is 0 Å². The number of nitrogens with zero attached hydrogens (tertiary/aromatic N) is 1. The van der Waals surface area contributed by atoms with Crippen molar-refractivity contribution >= 4 is 21.9 Å². The molecule has 1 aromatic carbocycles. The van der Waals surface area contributed by atoms with E-state index >= 15 is 0 Å². The highest BCUT2D eigenvalue weighted by Crippen LogP contribution is 2.36. The van der Waals surface area contributed by atoms with E-state index < -0.39 is 5.97 Å². The number of hydrogen-bond acceptors (Lipinski definition) is 2. The van der Waals surface area contributed by atoms with Crippen LogP contribution in [-0.2, 0) is 6.42 Å². The van der Waals surface area contributed by atoms with Crippen LogP contribution in [0.15, 0.2) is 41.0 Å². The first-order chi connectivity index (χ1) is 9.66. The largest absolute Gasteiger partial charge is 0.478 e. The molecule has 1 heterocycles. The van der Waals surface area contributed by atoms with Crippen molar-refractivity contribution in [2.75, 3.05) is 0 Å². The van der Waals surface area contributed by atoms with Crippen LogP contribution in [0, 0.1) is 0 Å². The fourth-order valence-electron chi connectivity index (χ4n) is 2.86. The minimum atomic E-state index is -0.907. The molecule has 0 aliphatic heterocycles. The summed E-state index contributed by atoms with van der Waals surface area (Å²) in [6.45, 7) is 0. The maximum absolute atomic E-state index is 11.3. The minimum Gasteiger partial charge on any atom is -0.478 e. The molecule has 1 aromatic heterocycles. The summed E-state index contributed by atoms with van der Waals surface area (Å²) in [5, 5.41) is 9.24. The average molecular weight is 332 g/mol. The number of carboxylic acid groups (broad SMARTS) is 1. The standard InChI is InChI=1S/C16H14BrNO2/c17-14-7-6-11(9-13(14)16(19)20)12-5-1-3-10-4-2-8-18-15(10)12/h2,4,6-9,12H,1,3,5H2,(H,19,20). The van der Waals surface area contributed by atoms with Crippen molar-refractivity contribution < 1.29 is 9.90 Å². The van der Waals surface area contributed by atoms with E-state index in [-0.39, 0.29) is 5.92 Å². The Bertz CT molecular complexity index is 669. The van der Waals surface area contributed by atoms with Gasteiger partial charge in [-0.25, -0.2) is 4.79 Å². The van der Waals surface area contributed by atoms with Crippen LogP contribution < -0.4 is 0 Å². The third-order valence-electron chi connectivity index (χ3n) is 3.82. The highest BCUT2D eigenvalue weighted by atomic mass is 79.9. The Morgan fingerprint density at radius 1 is 1.35 bits per heavy atom. The molecule has 1 aliphatic carbocycles. The first kappa shape index (κ1) is 13.3. The third-order valence-corrected chi connectivity index (χ3v) is 4.51. The number of fused-ring (bicyclic) bond motifs is 1. The van der Waals surface area contributed by atoms with Gasteiger partial charge in [-0.1, -0.05) is 12.1 Å². The molecule has 0 spiro atoms. The molecular formula is C16H14BrNO2. The number of carbonyl (C=O) groups is 1. The van der Waals surface area contributed by atoms with Gasteiger partial charge in [-0.3, -0.25) is 4.98 Å². The lowest BCUT2D eigenvalue weighted by atomic mass is 9.82. The lowest BCUT2D eigenvalue weighted by Gasteiger charge is -2.25. The second-order valence-corrected chi connectivity index (χ2v) is 5.89. The van der Waals surface area contributed by atoms with E-state index in [0.29, 0.717) is 10.0 Å². The summed E-state index contributed by atoms with van der Waals surface area (Å²) in [6.07, 6.45) is 5.00. The van der Waals surface area contributed by atoms with E-state index in [1.54, 1.807) is 6.07 Å². The Morgan fingerprint density at radius 3 is 3.00 bits per heavy atom. The molecule has 0 saturated carbocycles. The van der Waals surface area contributed by atoms with Gasteiger partial charge in [0, 0.05) is 16.6 Å². The van der Waals surface area contributed by atoms with Gasteiger partial charge in [0.2, 0.25) is 0 Å². The highest BCUT2D eigenvalue weighted by molar-refractivity contribution is 9.10. The molecule has 0 saturated heterocycles. The molecule has 3 nitrogen and oxygen atoms in total. The van der Waals surface area contributed by atoms with E-state index in [1.807, 2.05) is 24.4 Å². The second-order valence-electron chi connectivity index (χ2n) is 5.04. The number of rotatable bonds is 2. The lowest BCUT2D eigenvalue weighted by molar-refractivity contribution is 0.0695. The number of aryl methyl sites for hydroxylation is 1. The van der Waals surface area contributed by atoms with E-state index in [1.165, 1.54) is 5.56 Å². The SMILES string of the molecule is O=C(O)c1cc(C2CCCc3cccnc32)ccc1Br. The van der Waals surface area contributed by atoms with Crippen LogP contribution in [0.5, 0.6) is 0 Å². The Hall–Kier alpha value is -1.68. The summed E-state index contributed by atoms with van der Waals surface area (Å²) in [5.74, 6) is -0.707. The summed E-state index contributed by atoms with van der Waals surface area (Å²) >= 11 is 3.29. The predicted octanol–water partition coefficient (Wildman–Crippen LogP) is 4.01. The molecule has 1 N–H and O–H groups in total. The Morgan fingerprint density at radius 2 is 2.20 bits per heavy atom. The van der Waals surface area contributed by atoms with Gasteiger partial charge in [-0.2, -0.15) is 0 Å². The van der Waals surface area contributed by atoms with E-state index in [9.17, 15) is 9.90 Å². The van der Waals surface area contributed by atoms with Crippen molar-refractivity contribution in [1.82, 2.24) is 4.98 Å². The number of aromatic nitrogens is 1. The van der Waals surface area contributed by atoms with Crippen LogP contribution in [0.25, 0.3) is 0 Å². The van der Waals surface area contributed by atoms with Crippen LogP contribution in [0.3, 0.4) is 0 Å². The van der Waals surface area contributed by atoms with Crippen LogP contribution >= 0.6 is 15.9 Å². The molecule has 1 atom stereocenters. The maximum atomic E-state index is 11.3. The van der Waals surface area contributed by atoms with Crippen molar-refractivity contribution in [3.8, 4) is 0 Å². The molecule has 2 aromatic rings. The Labute approximate surface area is 125 Å². The molecule has 0 amide bonds. The van der Waals surface area contributed by atoms with Crippen molar-refractivity contribution in [3.63, 3.8) is 0 Å². The topological polar surface area (TPSA) is 50.2 Å². The lowest BCUT2D eigenvalue weighted by Crippen LogP contribution is -2.13. The highest BCUT2D eigenvalue weighted by Gasteiger charge is 2.24. The predicted molar refractivity (Wildman–Crippen MR) is 80.1 cm³/mol. The minimum absolute atomic E-state index is 0.200. The molecule has 1 aliphatic rings. The summed E-state index contributed by atoms with van der Waals surface area (Å²) < 4.78 is 0.616. The smallest absolute Gasteiger partial charge is 0.336 e. The zero-order valence-electron chi connectivity index (χ0n) is 10.8. The summed E-state index contributed by atoms with van der Waals surface area (Å²) in [7, 11) is 0. The van der Waals surface area contributed by atoms with Crippen LogP contribution in [0.1, 0.15) is 45.9 Å². The first-order valence-corrected chi connectivity index (χ1v) is 7.42.